The van der Waals surface area contributed by atoms with Gasteiger partial charge in [0.1, 0.15) is 11.1 Å². The quantitative estimate of drug-likeness (QED) is 0.610. The Balaban J connectivity index is 1.89. The zero-order chi connectivity index (χ0) is 19.6. The van der Waals surface area contributed by atoms with Crippen LogP contribution in [-0.2, 0) is 12.8 Å². The number of carbonyl (C=O) groups is 1. The number of amides is 1. The van der Waals surface area contributed by atoms with Crippen LogP contribution in [0.25, 0.3) is 0 Å². The standard InChI is InChI=1S/C19H19N3O4S/c1-3-26-16-7-5-12(9-15(16)22(24)25)18(23)21-19-14(10-20)13-6-4-11(2)8-17(13)27-19/h5,7,9,11H,3-4,6,8H2,1-2H3,(H,21,23)/t11-/m1/s1. The van der Waals surface area contributed by atoms with Crippen molar-refractivity contribution in [2.24, 2.45) is 5.92 Å². The zero-order valence-electron chi connectivity index (χ0n) is 15.1. The first-order valence-corrected chi connectivity index (χ1v) is 9.53. The number of nitro groups is 1. The van der Waals surface area contributed by atoms with E-state index in [4.69, 9.17) is 4.74 Å². The number of hydrogen-bond donors (Lipinski definition) is 1. The van der Waals surface area contributed by atoms with Gasteiger partial charge in [0.05, 0.1) is 17.1 Å². The van der Waals surface area contributed by atoms with Crippen molar-refractivity contribution in [3.05, 3.63) is 49.9 Å². The molecule has 140 valence electrons. The second kappa shape index (κ2) is 7.76. The number of fused-ring (bicyclic) bond motifs is 1. The van der Waals surface area contributed by atoms with Crippen molar-refractivity contribution in [2.75, 3.05) is 11.9 Å². The van der Waals surface area contributed by atoms with E-state index >= 15 is 0 Å². The molecule has 1 amide bonds. The molecule has 0 aliphatic heterocycles. The molecule has 1 aromatic heterocycles. The van der Waals surface area contributed by atoms with Crippen molar-refractivity contribution in [3.63, 3.8) is 0 Å². The molecule has 1 heterocycles. The van der Waals surface area contributed by atoms with Crippen LogP contribution in [0.5, 0.6) is 5.75 Å². The number of carbonyl (C=O) groups excluding carboxylic acids is 1. The van der Waals surface area contributed by atoms with Gasteiger partial charge in [0, 0.05) is 16.5 Å². The first-order valence-electron chi connectivity index (χ1n) is 8.71. The summed E-state index contributed by atoms with van der Waals surface area (Å²) in [6.45, 7) is 4.19. The molecule has 1 aromatic carbocycles. The lowest BCUT2D eigenvalue weighted by molar-refractivity contribution is -0.385. The maximum absolute atomic E-state index is 12.6. The number of nitriles is 1. The number of anilines is 1. The Morgan fingerprint density at radius 1 is 1.52 bits per heavy atom. The van der Waals surface area contributed by atoms with Crippen LogP contribution >= 0.6 is 11.3 Å². The normalized spacial score (nSPS) is 15.5. The Morgan fingerprint density at radius 2 is 2.30 bits per heavy atom. The lowest BCUT2D eigenvalue weighted by Gasteiger charge is -2.17. The maximum atomic E-state index is 12.6. The number of nitrogens with one attached hydrogen (secondary N) is 1. The monoisotopic (exact) mass is 385 g/mol. The van der Waals surface area contributed by atoms with Crippen LogP contribution in [0.15, 0.2) is 18.2 Å². The number of nitro benzene ring substituents is 1. The van der Waals surface area contributed by atoms with Crippen molar-refractivity contribution in [1.29, 1.82) is 5.26 Å². The van der Waals surface area contributed by atoms with Gasteiger partial charge in [0.2, 0.25) is 0 Å². The van der Waals surface area contributed by atoms with Gasteiger partial charge in [-0.25, -0.2) is 0 Å². The van der Waals surface area contributed by atoms with Gasteiger partial charge in [0.25, 0.3) is 5.91 Å². The van der Waals surface area contributed by atoms with Crippen LogP contribution in [-0.4, -0.2) is 17.4 Å². The van der Waals surface area contributed by atoms with Gasteiger partial charge in [-0.3, -0.25) is 14.9 Å². The molecule has 0 spiro atoms. The highest BCUT2D eigenvalue weighted by atomic mass is 32.1. The molecule has 0 radical (unpaired) electrons. The van der Waals surface area contributed by atoms with E-state index in [2.05, 4.69) is 18.3 Å². The Morgan fingerprint density at radius 3 is 2.96 bits per heavy atom. The Hall–Kier alpha value is -2.92. The molecule has 8 heteroatoms. The summed E-state index contributed by atoms with van der Waals surface area (Å²) in [5.41, 5.74) is 1.42. The second-order valence-corrected chi connectivity index (χ2v) is 7.60. The number of benzene rings is 1. The van der Waals surface area contributed by atoms with Crippen LogP contribution in [0, 0.1) is 27.4 Å². The molecule has 0 saturated carbocycles. The summed E-state index contributed by atoms with van der Waals surface area (Å²) in [5, 5.41) is 24.0. The second-order valence-electron chi connectivity index (χ2n) is 6.49. The number of nitrogens with zero attached hydrogens (tertiary/aromatic N) is 2. The fourth-order valence-corrected chi connectivity index (χ4v) is 4.57. The highest BCUT2D eigenvalue weighted by Crippen LogP contribution is 2.39. The third-order valence-electron chi connectivity index (χ3n) is 4.57. The van der Waals surface area contributed by atoms with Gasteiger partial charge < -0.3 is 10.1 Å². The largest absolute Gasteiger partial charge is 0.487 e. The van der Waals surface area contributed by atoms with E-state index in [1.165, 1.54) is 29.5 Å². The molecule has 1 aliphatic carbocycles. The molecule has 0 bridgehead atoms. The Labute approximate surface area is 160 Å². The lowest BCUT2D eigenvalue weighted by Crippen LogP contribution is -2.12. The van der Waals surface area contributed by atoms with Crippen LogP contribution in [0.4, 0.5) is 10.7 Å². The van der Waals surface area contributed by atoms with Gasteiger partial charge >= 0.3 is 5.69 Å². The SMILES string of the molecule is CCOc1ccc(C(=O)Nc2sc3c(c2C#N)CC[C@@H](C)C3)cc1[N+](=O)[O-]. The van der Waals surface area contributed by atoms with Crippen LogP contribution in [0.1, 0.15) is 46.6 Å². The van der Waals surface area contributed by atoms with Crippen LogP contribution in [0.2, 0.25) is 0 Å². The van der Waals surface area contributed by atoms with E-state index in [0.717, 1.165) is 29.7 Å². The predicted octanol–water partition coefficient (Wildman–Crippen LogP) is 4.30. The molecular weight excluding hydrogens is 366 g/mol. The summed E-state index contributed by atoms with van der Waals surface area (Å²) < 4.78 is 5.24. The minimum Gasteiger partial charge on any atom is -0.487 e. The summed E-state index contributed by atoms with van der Waals surface area (Å²) in [6.07, 6.45) is 2.76. The Kier molecular flexibility index (Phi) is 5.42. The smallest absolute Gasteiger partial charge is 0.311 e. The van der Waals surface area contributed by atoms with Crippen molar-refractivity contribution >= 4 is 27.9 Å². The minimum absolute atomic E-state index is 0.123. The summed E-state index contributed by atoms with van der Waals surface area (Å²) in [4.78, 5) is 24.4. The fraction of sp³-hybridized carbons (Fsp3) is 0.368. The van der Waals surface area contributed by atoms with E-state index in [1.807, 2.05) is 0 Å². The molecule has 1 N–H and O–H groups in total. The third-order valence-corrected chi connectivity index (χ3v) is 5.74. The topological polar surface area (TPSA) is 105 Å². The lowest BCUT2D eigenvalue weighted by atomic mass is 9.88. The van der Waals surface area contributed by atoms with Crippen LogP contribution < -0.4 is 10.1 Å². The molecule has 3 rings (SSSR count). The predicted molar refractivity (Wildman–Crippen MR) is 102 cm³/mol. The van der Waals surface area contributed by atoms with E-state index in [9.17, 15) is 20.2 Å². The maximum Gasteiger partial charge on any atom is 0.311 e. The zero-order valence-corrected chi connectivity index (χ0v) is 15.9. The molecular formula is C19H19N3O4S. The fourth-order valence-electron chi connectivity index (χ4n) is 3.21. The third kappa shape index (κ3) is 3.78. The van der Waals surface area contributed by atoms with E-state index in [-0.39, 0.29) is 23.6 Å². The molecule has 1 atom stereocenters. The molecule has 0 unspecified atom stereocenters. The summed E-state index contributed by atoms with van der Waals surface area (Å²) in [5.74, 6) is 0.196. The van der Waals surface area contributed by atoms with E-state index in [1.54, 1.807) is 6.92 Å². The molecule has 7 nitrogen and oxygen atoms in total. The van der Waals surface area contributed by atoms with Crippen LogP contribution in [0.3, 0.4) is 0 Å². The number of hydrogen-bond acceptors (Lipinski definition) is 6. The number of ether oxygens (including phenoxy) is 1. The highest BCUT2D eigenvalue weighted by molar-refractivity contribution is 7.16. The van der Waals surface area contributed by atoms with Crippen molar-refractivity contribution in [3.8, 4) is 11.8 Å². The molecule has 27 heavy (non-hydrogen) atoms. The minimum atomic E-state index is -0.576. The average Bonchev–Trinajstić information content (AvgIpc) is 2.97. The van der Waals surface area contributed by atoms with E-state index < -0.39 is 10.8 Å². The first-order chi connectivity index (χ1) is 12.9. The highest BCUT2D eigenvalue weighted by Gasteiger charge is 2.25. The molecule has 0 fully saturated rings. The summed E-state index contributed by atoms with van der Waals surface area (Å²) in [7, 11) is 0. The average molecular weight is 385 g/mol. The summed E-state index contributed by atoms with van der Waals surface area (Å²) in [6, 6.07) is 6.30. The van der Waals surface area contributed by atoms with Gasteiger partial charge in [-0.05, 0) is 49.8 Å². The number of rotatable bonds is 5. The summed E-state index contributed by atoms with van der Waals surface area (Å²) >= 11 is 1.42. The van der Waals surface area contributed by atoms with Gasteiger partial charge in [-0.1, -0.05) is 6.92 Å². The van der Waals surface area contributed by atoms with Crippen molar-refractivity contribution in [1.82, 2.24) is 0 Å². The van der Waals surface area contributed by atoms with Gasteiger partial charge in [-0.2, -0.15) is 5.26 Å². The molecule has 2 aromatic rings. The van der Waals surface area contributed by atoms with Gasteiger partial charge in [-0.15, -0.1) is 11.3 Å². The van der Waals surface area contributed by atoms with E-state index in [0.29, 0.717) is 16.5 Å². The Bertz CT molecular complexity index is 945. The molecule has 1 aliphatic rings. The van der Waals surface area contributed by atoms with Crippen molar-refractivity contribution in [2.45, 2.75) is 33.1 Å². The number of thiophene rings is 1. The first kappa shape index (κ1) is 18.9. The molecule has 0 saturated heterocycles. The van der Waals surface area contributed by atoms with Crippen molar-refractivity contribution < 1.29 is 14.5 Å². The van der Waals surface area contributed by atoms with Gasteiger partial charge in [0.15, 0.2) is 5.75 Å².